The molecule has 6 nitrogen and oxygen atoms in total. The Hall–Kier alpha value is -2.08. The quantitative estimate of drug-likeness (QED) is 0.904. The Kier molecular flexibility index (Phi) is 5.16. The Morgan fingerprint density at radius 3 is 2.67 bits per heavy atom. The van der Waals surface area contributed by atoms with Gasteiger partial charge in [-0.25, -0.2) is 4.79 Å². The first kappa shape index (κ1) is 15.3. The van der Waals surface area contributed by atoms with Crippen molar-refractivity contribution in [1.82, 2.24) is 10.2 Å². The smallest absolute Gasteiger partial charge is 0.410 e. The van der Waals surface area contributed by atoms with Crippen LogP contribution < -0.4 is 5.32 Å². The largest absolute Gasteiger partial charge is 0.445 e. The van der Waals surface area contributed by atoms with Crippen molar-refractivity contribution in [3.05, 3.63) is 35.9 Å². The second-order valence-corrected chi connectivity index (χ2v) is 4.92. The minimum atomic E-state index is -0.539. The summed E-state index contributed by atoms with van der Waals surface area (Å²) >= 11 is 0. The summed E-state index contributed by atoms with van der Waals surface area (Å²) in [5.41, 5.74) is 0.907. The summed E-state index contributed by atoms with van der Waals surface area (Å²) in [6.45, 7) is 0.552. The molecule has 2 atom stereocenters. The van der Waals surface area contributed by atoms with E-state index in [1.807, 2.05) is 30.3 Å². The van der Waals surface area contributed by atoms with Crippen molar-refractivity contribution in [2.24, 2.45) is 0 Å². The summed E-state index contributed by atoms with van der Waals surface area (Å²) < 4.78 is 10.5. The number of benzene rings is 1. The number of likely N-dealkylation sites (N-methyl/N-ethyl adjacent to an activating group) is 1. The number of nitrogens with zero attached hydrogens (tertiary/aromatic N) is 1. The molecule has 1 aliphatic rings. The third-order valence-corrected chi connectivity index (χ3v) is 3.58. The Bertz CT molecular complexity index is 492. The van der Waals surface area contributed by atoms with E-state index < -0.39 is 12.1 Å². The van der Waals surface area contributed by atoms with Crippen LogP contribution in [0.4, 0.5) is 4.79 Å². The van der Waals surface area contributed by atoms with Crippen LogP contribution in [-0.4, -0.2) is 49.7 Å². The zero-order valence-corrected chi connectivity index (χ0v) is 12.2. The number of ether oxygens (including phenoxy) is 2. The molecule has 0 aliphatic carbocycles. The average Bonchev–Trinajstić information content (AvgIpc) is 2.97. The minimum Gasteiger partial charge on any atom is -0.445 e. The van der Waals surface area contributed by atoms with Crippen LogP contribution >= 0.6 is 0 Å². The fraction of sp³-hybridized carbons (Fsp3) is 0.467. The van der Waals surface area contributed by atoms with Crippen molar-refractivity contribution in [3.63, 3.8) is 0 Å². The maximum absolute atomic E-state index is 12.2. The molecular formula is C15H20N2O4. The van der Waals surface area contributed by atoms with Gasteiger partial charge in [0, 0.05) is 20.6 Å². The molecule has 2 rings (SSSR count). The first-order chi connectivity index (χ1) is 10.2. The summed E-state index contributed by atoms with van der Waals surface area (Å²) in [4.78, 5) is 25.5. The van der Waals surface area contributed by atoms with Crippen LogP contribution in [0.1, 0.15) is 12.0 Å². The van der Waals surface area contributed by atoms with E-state index >= 15 is 0 Å². The summed E-state index contributed by atoms with van der Waals surface area (Å²) in [6, 6.07) is 8.89. The van der Waals surface area contributed by atoms with Gasteiger partial charge in [0.2, 0.25) is 5.91 Å². The van der Waals surface area contributed by atoms with Crippen molar-refractivity contribution in [3.8, 4) is 0 Å². The highest BCUT2D eigenvalue weighted by Crippen LogP contribution is 2.21. The van der Waals surface area contributed by atoms with Gasteiger partial charge in [0.25, 0.3) is 0 Å². The van der Waals surface area contributed by atoms with Crippen LogP contribution in [0.15, 0.2) is 30.3 Å². The van der Waals surface area contributed by atoms with E-state index in [0.717, 1.165) is 5.56 Å². The third-order valence-electron chi connectivity index (χ3n) is 3.58. The molecule has 2 amide bonds. The summed E-state index contributed by atoms with van der Waals surface area (Å²) in [6.07, 6.45) is -0.153. The summed E-state index contributed by atoms with van der Waals surface area (Å²) in [5.74, 6) is -0.203. The van der Waals surface area contributed by atoms with E-state index in [2.05, 4.69) is 5.32 Å². The Labute approximate surface area is 124 Å². The molecule has 1 saturated heterocycles. The molecule has 21 heavy (non-hydrogen) atoms. The van der Waals surface area contributed by atoms with Crippen molar-refractivity contribution >= 4 is 12.0 Å². The van der Waals surface area contributed by atoms with E-state index in [9.17, 15) is 9.59 Å². The predicted molar refractivity (Wildman–Crippen MR) is 76.6 cm³/mol. The Morgan fingerprint density at radius 1 is 1.33 bits per heavy atom. The molecule has 1 aliphatic heterocycles. The monoisotopic (exact) mass is 292 g/mol. The Balaban J connectivity index is 1.97. The van der Waals surface area contributed by atoms with E-state index in [0.29, 0.717) is 13.0 Å². The molecule has 0 unspecified atom stereocenters. The van der Waals surface area contributed by atoms with Crippen LogP contribution in [0.2, 0.25) is 0 Å². The van der Waals surface area contributed by atoms with Crippen LogP contribution in [0.25, 0.3) is 0 Å². The highest BCUT2D eigenvalue weighted by atomic mass is 16.6. The van der Waals surface area contributed by atoms with Crippen molar-refractivity contribution in [2.45, 2.75) is 25.2 Å². The predicted octanol–water partition coefficient (Wildman–Crippen LogP) is 1.16. The molecule has 114 valence electrons. The number of carbonyl (C=O) groups is 2. The van der Waals surface area contributed by atoms with Crippen LogP contribution in [0, 0.1) is 0 Å². The molecule has 0 radical (unpaired) electrons. The SMILES string of the molecule is CNC(=O)[C@@H]1C[C@H](OC)CN1C(=O)OCc1ccccc1. The third kappa shape index (κ3) is 3.72. The maximum atomic E-state index is 12.2. The lowest BCUT2D eigenvalue weighted by Crippen LogP contribution is -2.45. The molecule has 1 aromatic rings. The van der Waals surface area contributed by atoms with Crippen LogP contribution in [0.5, 0.6) is 0 Å². The molecule has 0 spiro atoms. The maximum Gasteiger partial charge on any atom is 0.410 e. The van der Waals surface area contributed by atoms with Crippen molar-refractivity contribution in [2.75, 3.05) is 20.7 Å². The van der Waals surface area contributed by atoms with Gasteiger partial charge in [0.15, 0.2) is 0 Å². The normalized spacial score (nSPS) is 21.1. The van der Waals surface area contributed by atoms with Crippen molar-refractivity contribution in [1.29, 1.82) is 0 Å². The molecule has 0 saturated carbocycles. The number of likely N-dealkylation sites (tertiary alicyclic amines) is 1. The van der Waals surface area contributed by atoms with E-state index in [1.165, 1.54) is 4.90 Å². The first-order valence-electron chi connectivity index (χ1n) is 6.87. The van der Waals surface area contributed by atoms with Crippen molar-refractivity contribution < 1.29 is 19.1 Å². The number of methoxy groups -OCH3 is 1. The van der Waals surface area contributed by atoms with Crippen LogP contribution in [0.3, 0.4) is 0 Å². The molecule has 1 fully saturated rings. The lowest BCUT2D eigenvalue weighted by Gasteiger charge is -2.22. The number of nitrogens with one attached hydrogen (secondary N) is 1. The van der Waals surface area contributed by atoms with E-state index in [1.54, 1.807) is 14.2 Å². The summed E-state index contributed by atoms with van der Waals surface area (Å²) in [5, 5.41) is 2.57. The molecule has 0 aromatic heterocycles. The fourth-order valence-corrected chi connectivity index (χ4v) is 2.39. The summed E-state index contributed by atoms with van der Waals surface area (Å²) in [7, 11) is 3.13. The van der Waals surface area contributed by atoms with Gasteiger partial charge in [-0.05, 0) is 5.56 Å². The minimum absolute atomic E-state index is 0.142. The number of hydrogen-bond acceptors (Lipinski definition) is 4. The van der Waals surface area contributed by atoms with Gasteiger partial charge in [-0.2, -0.15) is 0 Å². The highest BCUT2D eigenvalue weighted by molar-refractivity contribution is 5.86. The number of carbonyl (C=O) groups excluding carboxylic acids is 2. The topological polar surface area (TPSA) is 67.9 Å². The van der Waals surface area contributed by atoms with Gasteiger partial charge >= 0.3 is 6.09 Å². The second-order valence-electron chi connectivity index (χ2n) is 4.92. The standard InChI is InChI=1S/C15H20N2O4/c1-16-14(18)13-8-12(20-2)9-17(13)15(19)21-10-11-6-4-3-5-7-11/h3-7,12-13H,8-10H2,1-2H3,(H,16,18)/t12-,13-/m0/s1. The van der Waals surface area contributed by atoms with Gasteiger partial charge in [0.1, 0.15) is 12.6 Å². The zero-order chi connectivity index (χ0) is 15.2. The lowest BCUT2D eigenvalue weighted by molar-refractivity contribution is -0.124. The lowest BCUT2D eigenvalue weighted by atomic mass is 10.2. The second kappa shape index (κ2) is 7.08. The molecule has 1 heterocycles. The molecule has 6 heteroatoms. The van der Waals surface area contributed by atoms with Gasteiger partial charge in [-0.15, -0.1) is 0 Å². The highest BCUT2D eigenvalue weighted by Gasteiger charge is 2.40. The average molecular weight is 292 g/mol. The molecular weight excluding hydrogens is 272 g/mol. The van der Waals surface area contributed by atoms with Gasteiger partial charge in [-0.1, -0.05) is 30.3 Å². The molecule has 0 bridgehead atoms. The number of hydrogen-bond donors (Lipinski definition) is 1. The van der Waals surface area contributed by atoms with Crippen LogP contribution in [-0.2, 0) is 20.9 Å². The van der Waals surface area contributed by atoms with Gasteiger partial charge < -0.3 is 14.8 Å². The number of rotatable bonds is 4. The van der Waals surface area contributed by atoms with Gasteiger partial charge in [0.05, 0.1) is 12.6 Å². The fourth-order valence-electron chi connectivity index (χ4n) is 2.39. The first-order valence-corrected chi connectivity index (χ1v) is 6.87. The van der Waals surface area contributed by atoms with Gasteiger partial charge in [-0.3, -0.25) is 9.69 Å². The Morgan fingerprint density at radius 2 is 2.05 bits per heavy atom. The molecule has 1 N–H and O–H groups in total. The molecule has 1 aromatic carbocycles. The zero-order valence-electron chi connectivity index (χ0n) is 12.2. The van der Waals surface area contributed by atoms with E-state index in [4.69, 9.17) is 9.47 Å². The van der Waals surface area contributed by atoms with E-state index in [-0.39, 0.29) is 18.6 Å². The number of amides is 2.